The Morgan fingerprint density at radius 3 is 1.93 bits per heavy atom. The second-order valence-corrected chi connectivity index (χ2v) is 11.1. The van der Waals surface area contributed by atoms with Crippen LogP contribution in [-0.4, -0.2) is 76.5 Å². The van der Waals surface area contributed by atoms with E-state index in [1.54, 1.807) is 6.92 Å². The molecule has 12 heteroatoms. The fourth-order valence-electron chi connectivity index (χ4n) is 5.93. The number of ether oxygens (including phenoxy) is 3. The van der Waals surface area contributed by atoms with Gasteiger partial charge in [-0.25, -0.2) is 0 Å². The molecule has 2 aliphatic carbocycles. The van der Waals surface area contributed by atoms with Gasteiger partial charge in [0.05, 0.1) is 55.6 Å². The van der Waals surface area contributed by atoms with Gasteiger partial charge in [-0.2, -0.15) is 0 Å². The number of benzene rings is 3. The SMILES string of the molecule is COc1cc(OC)c2c(c1)C(=O)C(C[C@@](C)(O)CC(=O)O)=C(c1c(OC)cc3c(c1O)C(=O)c1c(O)cc(C)cc1C3=O)C2=O. The van der Waals surface area contributed by atoms with Crippen molar-refractivity contribution < 1.29 is 58.6 Å². The highest BCUT2D eigenvalue weighted by Gasteiger charge is 2.43. The van der Waals surface area contributed by atoms with Crippen LogP contribution in [0.2, 0.25) is 0 Å². The number of carboxylic acid groups (broad SMARTS) is 1. The van der Waals surface area contributed by atoms with E-state index in [0.29, 0.717) is 5.56 Å². The van der Waals surface area contributed by atoms with E-state index in [1.807, 2.05) is 0 Å². The molecule has 0 saturated carbocycles. The third-order valence-corrected chi connectivity index (χ3v) is 7.84. The van der Waals surface area contributed by atoms with Gasteiger partial charge in [0.2, 0.25) is 5.78 Å². The van der Waals surface area contributed by atoms with Gasteiger partial charge < -0.3 is 34.6 Å². The van der Waals surface area contributed by atoms with Crippen molar-refractivity contribution in [2.45, 2.75) is 32.3 Å². The van der Waals surface area contributed by atoms with Crippen molar-refractivity contribution in [2.24, 2.45) is 0 Å². The molecule has 1 atom stereocenters. The Morgan fingerprint density at radius 2 is 1.33 bits per heavy atom. The van der Waals surface area contributed by atoms with Crippen molar-refractivity contribution >= 4 is 34.7 Å². The molecule has 0 aliphatic heterocycles. The Morgan fingerprint density at radius 1 is 0.733 bits per heavy atom. The molecule has 0 spiro atoms. The van der Waals surface area contributed by atoms with Gasteiger partial charge in [0.25, 0.3) is 0 Å². The van der Waals surface area contributed by atoms with Crippen LogP contribution < -0.4 is 14.2 Å². The van der Waals surface area contributed by atoms with Crippen molar-refractivity contribution in [2.75, 3.05) is 21.3 Å². The van der Waals surface area contributed by atoms with Crippen LogP contribution in [0.25, 0.3) is 5.57 Å². The first-order valence-corrected chi connectivity index (χ1v) is 13.6. The average Bonchev–Trinajstić information content (AvgIpc) is 2.96. The fourth-order valence-corrected chi connectivity index (χ4v) is 5.93. The van der Waals surface area contributed by atoms with Crippen LogP contribution >= 0.6 is 0 Å². The van der Waals surface area contributed by atoms with Gasteiger partial charge in [0.1, 0.15) is 28.7 Å². The minimum Gasteiger partial charge on any atom is -0.507 e. The molecular formula is C33H28O12. The van der Waals surface area contributed by atoms with Crippen LogP contribution in [-0.2, 0) is 4.79 Å². The number of rotatable bonds is 8. The highest BCUT2D eigenvalue weighted by Crippen LogP contribution is 2.49. The van der Waals surface area contributed by atoms with E-state index in [-0.39, 0.29) is 45.1 Å². The molecular weight excluding hydrogens is 588 g/mol. The van der Waals surface area contributed by atoms with Crippen LogP contribution in [0.1, 0.15) is 83.5 Å². The number of aliphatic hydroxyl groups is 1. The van der Waals surface area contributed by atoms with Crippen LogP contribution in [0, 0.1) is 6.92 Å². The average molecular weight is 617 g/mol. The minimum absolute atomic E-state index is 0.0616. The number of hydrogen-bond acceptors (Lipinski definition) is 11. The molecule has 12 nitrogen and oxygen atoms in total. The first-order chi connectivity index (χ1) is 21.1. The predicted octanol–water partition coefficient (Wildman–Crippen LogP) is 3.66. The number of phenolic OH excluding ortho intramolecular Hbond substituents is 2. The number of hydrogen-bond donors (Lipinski definition) is 4. The maximum atomic E-state index is 14.4. The highest BCUT2D eigenvalue weighted by atomic mass is 16.5. The number of carbonyl (C=O) groups is 5. The summed E-state index contributed by atoms with van der Waals surface area (Å²) >= 11 is 0. The van der Waals surface area contributed by atoms with Gasteiger partial charge in [0, 0.05) is 40.3 Å². The minimum atomic E-state index is -2.06. The molecule has 0 amide bonds. The smallest absolute Gasteiger partial charge is 0.306 e. The summed E-state index contributed by atoms with van der Waals surface area (Å²) in [7, 11) is 3.77. The summed E-state index contributed by atoms with van der Waals surface area (Å²) in [5, 5.41) is 42.8. The van der Waals surface area contributed by atoms with Gasteiger partial charge >= 0.3 is 5.97 Å². The largest absolute Gasteiger partial charge is 0.507 e. The van der Waals surface area contributed by atoms with Crippen LogP contribution in [0.5, 0.6) is 28.7 Å². The Kier molecular flexibility index (Phi) is 7.50. The summed E-state index contributed by atoms with van der Waals surface area (Å²) < 4.78 is 16.1. The van der Waals surface area contributed by atoms with E-state index in [9.17, 15) is 44.4 Å². The van der Waals surface area contributed by atoms with E-state index >= 15 is 0 Å². The monoisotopic (exact) mass is 616 g/mol. The van der Waals surface area contributed by atoms with E-state index in [1.165, 1.54) is 52.5 Å². The normalized spacial score (nSPS) is 15.2. The van der Waals surface area contributed by atoms with Crippen molar-refractivity contribution in [1.29, 1.82) is 0 Å². The molecule has 0 saturated heterocycles. The molecule has 0 unspecified atom stereocenters. The zero-order valence-corrected chi connectivity index (χ0v) is 24.9. The third kappa shape index (κ3) is 4.89. The maximum absolute atomic E-state index is 14.4. The lowest BCUT2D eigenvalue weighted by Gasteiger charge is -2.30. The molecule has 0 bridgehead atoms. The quantitative estimate of drug-likeness (QED) is 0.225. The standard InChI is InChI=1S/C33H28O12/c1-13-6-15-23(19(34)7-13)30(39)26-17(28(15)37)10-21(45-5)27(32(26)41)25-18(11-33(2,42)12-22(35)36)29(38)16-8-14(43-3)9-20(44-4)24(16)31(25)40/h6-10,34,41-42H,11-12H2,1-5H3,(H,35,36)/t33-/m1/s1. The number of carboxylic acids is 1. The van der Waals surface area contributed by atoms with Crippen molar-refractivity contribution in [3.8, 4) is 28.7 Å². The summed E-state index contributed by atoms with van der Waals surface area (Å²) in [6, 6.07) is 6.49. The highest BCUT2D eigenvalue weighted by molar-refractivity contribution is 6.42. The molecule has 2 aliphatic rings. The van der Waals surface area contributed by atoms with E-state index in [2.05, 4.69) is 0 Å². The summed E-state index contributed by atoms with van der Waals surface area (Å²) in [6.45, 7) is 2.79. The second-order valence-electron chi connectivity index (χ2n) is 11.1. The lowest BCUT2D eigenvalue weighted by atomic mass is 9.74. The molecule has 0 fully saturated rings. The number of carbonyl (C=O) groups excluding carboxylic acids is 4. The number of Topliss-reactive ketones (excluding diaryl/α,β-unsaturated/α-hetero) is 2. The van der Waals surface area contributed by atoms with E-state index in [4.69, 9.17) is 14.2 Å². The Hall–Kier alpha value is -5.49. The number of fused-ring (bicyclic) bond motifs is 3. The zero-order valence-electron chi connectivity index (χ0n) is 24.9. The molecule has 0 heterocycles. The fraction of sp³-hybridized carbons (Fsp3) is 0.242. The van der Waals surface area contributed by atoms with Crippen molar-refractivity contribution in [1.82, 2.24) is 0 Å². The zero-order chi connectivity index (χ0) is 33.1. The molecule has 4 N–H and O–H groups in total. The molecule has 3 aromatic rings. The number of aryl methyl sites for hydroxylation is 1. The molecule has 232 valence electrons. The van der Waals surface area contributed by atoms with Gasteiger partial charge in [-0.1, -0.05) is 0 Å². The number of allylic oxidation sites excluding steroid dienone is 1. The number of aliphatic carboxylic acids is 1. The summed E-state index contributed by atoms with van der Waals surface area (Å²) in [4.78, 5) is 67.4. The van der Waals surface area contributed by atoms with Crippen LogP contribution in [0.15, 0.2) is 35.9 Å². The third-order valence-electron chi connectivity index (χ3n) is 7.84. The predicted molar refractivity (Wildman–Crippen MR) is 157 cm³/mol. The van der Waals surface area contributed by atoms with Gasteiger partial charge in [-0.15, -0.1) is 0 Å². The lowest BCUT2D eigenvalue weighted by Crippen LogP contribution is -2.33. The Balaban J connectivity index is 1.87. The van der Waals surface area contributed by atoms with Gasteiger partial charge in [-0.3, -0.25) is 24.0 Å². The van der Waals surface area contributed by atoms with Crippen molar-refractivity contribution in [3.63, 3.8) is 0 Å². The van der Waals surface area contributed by atoms with Crippen molar-refractivity contribution in [3.05, 3.63) is 80.4 Å². The molecule has 45 heavy (non-hydrogen) atoms. The van der Waals surface area contributed by atoms with E-state index in [0.717, 1.165) is 6.07 Å². The summed E-state index contributed by atoms with van der Waals surface area (Å²) in [6.07, 6.45) is -1.48. The van der Waals surface area contributed by atoms with E-state index < -0.39 is 81.3 Å². The van der Waals surface area contributed by atoms with Crippen LogP contribution in [0.4, 0.5) is 0 Å². The topological polar surface area (TPSA) is 194 Å². The van der Waals surface area contributed by atoms with Gasteiger partial charge in [-0.05, 0) is 43.7 Å². The molecule has 5 rings (SSSR count). The summed E-state index contributed by atoms with van der Waals surface area (Å²) in [5.74, 6) is -6.26. The second kappa shape index (κ2) is 10.9. The first-order valence-electron chi connectivity index (χ1n) is 13.6. The lowest BCUT2D eigenvalue weighted by molar-refractivity contribution is -0.141. The number of phenols is 2. The Labute approximate surface area is 256 Å². The molecule has 0 aromatic heterocycles. The van der Waals surface area contributed by atoms with Gasteiger partial charge in [0.15, 0.2) is 17.3 Å². The summed E-state index contributed by atoms with van der Waals surface area (Å²) in [5.41, 5.74) is -4.56. The van der Waals surface area contributed by atoms with Crippen LogP contribution in [0.3, 0.4) is 0 Å². The molecule has 0 radical (unpaired) electrons. The Bertz CT molecular complexity index is 1910. The number of methoxy groups -OCH3 is 3. The number of ketones is 4. The molecule has 3 aromatic carbocycles. The maximum Gasteiger partial charge on any atom is 0.306 e. The first kappa shape index (κ1) is 31.0. The number of aromatic hydroxyl groups is 2.